The van der Waals surface area contributed by atoms with Gasteiger partial charge in [-0.3, -0.25) is 14.3 Å². The molecule has 0 amide bonds. The van der Waals surface area contributed by atoms with Crippen molar-refractivity contribution in [1.82, 2.24) is 14.3 Å². The number of nitrogens with zero attached hydrogens (tertiary/aromatic N) is 1. The Balaban J connectivity index is 1.50. The van der Waals surface area contributed by atoms with Gasteiger partial charge in [-0.05, 0) is 49.3 Å². The SMILES string of the molecule is CC[C@@H](NS(=O)(=O)CCCOCn1cc(F)c(=O)[nH]c1=O)c1ccc(F)c(OCC2CC2)c1. The molecule has 1 atom stereocenters. The lowest BCUT2D eigenvalue weighted by atomic mass is 10.1. The highest BCUT2D eigenvalue weighted by molar-refractivity contribution is 7.89. The minimum absolute atomic E-state index is 0.0133. The van der Waals surface area contributed by atoms with Crippen molar-refractivity contribution in [3.63, 3.8) is 0 Å². The van der Waals surface area contributed by atoms with Gasteiger partial charge in [0.2, 0.25) is 15.8 Å². The van der Waals surface area contributed by atoms with Crippen molar-refractivity contribution in [3.05, 3.63) is 62.4 Å². The minimum Gasteiger partial charge on any atom is -0.490 e. The first kappa shape index (κ1) is 25.1. The van der Waals surface area contributed by atoms with Gasteiger partial charge in [-0.2, -0.15) is 4.39 Å². The molecule has 0 bridgehead atoms. The summed E-state index contributed by atoms with van der Waals surface area (Å²) in [5.41, 5.74) is -1.35. The van der Waals surface area contributed by atoms with Gasteiger partial charge in [0.1, 0.15) is 6.73 Å². The summed E-state index contributed by atoms with van der Waals surface area (Å²) in [5.74, 6) is -1.30. The van der Waals surface area contributed by atoms with Crippen molar-refractivity contribution in [1.29, 1.82) is 0 Å². The molecule has 2 aromatic rings. The van der Waals surface area contributed by atoms with Gasteiger partial charge in [-0.1, -0.05) is 13.0 Å². The molecule has 1 aliphatic carbocycles. The third-order valence-corrected chi connectivity index (χ3v) is 6.63. The molecule has 9 nitrogen and oxygen atoms in total. The molecule has 0 spiro atoms. The molecule has 0 unspecified atom stereocenters. The minimum atomic E-state index is -3.69. The third-order valence-electron chi connectivity index (χ3n) is 5.16. The highest BCUT2D eigenvalue weighted by Gasteiger charge is 2.23. The van der Waals surface area contributed by atoms with E-state index in [1.54, 1.807) is 4.98 Å². The van der Waals surface area contributed by atoms with Crippen LogP contribution >= 0.6 is 0 Å². The highest BCUT2D eigenvalue weighted by Crippen LogP contribution is 2.31. The van der Waals surface area contributed by atoms with Crippen LogP contribution in [0.3, 0.4) is 0 Å². The number of nitrogens with one attached hydrogen (secondary N) is 2. The lowest BCUT2D eigenvalue weighted by Crippen LogP contribution is -2.32. The second kappa shape index (κ2) is 11.0. The van der Waals surface area contributed by atoms with E-state index in [1.165, 1.54) is 18.2 Å². The summed E-state index contributed by atoms with van der Waals surface area (Å²) in [6.45, 7) is 1.91. The van der Waals surface area contributed by atoms with Gasteiger partial charge in [0, 0.05) is 12.6 Å². The van der Waals surface area contributed by atoms with E-state index < -0.39 is 38.9 Å². The Morgan fingerprint density at radius 2 is 2.00 bits per heavy atom. The summed E-state index contributed by atoms with van der Waals surface area (Å²) in [5, 5.41) is 0. The zero-order valence-electron chi connectivity index (χ0n) is 18.2. The van der Waals surface area contributed by atoms with Gasteiger partial charge in [0.25, 0.3) is 5.56 Å². The quantitative estimate of drug-likeness (QED) is 0.418. The molecule has 0 aliphatic heterocycles. The third kappa shape index (κ3) is 7.47. The fourth-order valence-electron chi connectivity index (χ4n) is 3.09. The first-order valence-corrected chi connectivity index (χ1v) is 12.3. The molecule has 1 aliphatic rings. The van der Waals surface area contributed by atoms with Crippen LogP contribution in [0.15, 0.2) is 34.0 Å². The number of hydrogen-bond acceptors (Lipinski definition) is 6. The van der Waals surface area contributed by atoms with E-state index >= 15 is 0 Å². The Morgan fingerprint density at radius 3 is 2.70 bits per heavy atom. The predicted octanol–water partition coefficient (Wildman–Crippen LogP) is 2.04. The van der Waals surface area contributed by atoms with E-state index in [1.807, 2.05) is 6.92 Å². The number of halogens is 2. The Hall–Kier alpha value is -2.57. The average molecular weight is 488 g/mol. The van der Waals surface area contributed by atoms with Crippen LogP contribution in [0.2, 0.25) is 0 Å². The number of sulfonamides is 1. The molecule has 1 fully saturated rings. The molecule has 1 aromatic carbocycles. The van der Waals surface area contributed by atoms with E-state index in [4.69, 9.17) is 9.47 Å². The number of H-pyrrole nitrogens is 1. The summed E-state index contributed by atoms with van der Waals surface area (Å²) in [4.78, 5) is 24.4. The van der Waals surface area contributed by atoms with E-state index in [2.05, 4.69) is 4.72 Å². The van der Waals surface area contributed by atoms with Crippen molar-refractivity contribution < 1.29 is 26.7 Å². The smallest absolute Gasteiger partial charge is 0.330 e. The number of hydrogen-bond donors (Lipinski definition) is 2. The topological polar surface area (TPSA) is 119 Å². The second-order valence-corrected chi connectivity index (χ2v) is 9.81. The van der Waals surface area contributed by atoms with Crippen molar-refractivity contribution in [2.45, 2.75) is 45.4 Å². The van der Waals surface area contributed by atoms with Crippen molar-refractivity contribution in [3.8, 4) is 5.75 Å². The molecular weight excluding hydrogens is 460 g/mol. The summed E-state index contributed by atoms with van der Waals surface area (Å²) < 4.78 is 66.5. The first-order chi connectivity index (χ1) is 15.7. The van der Waals surface area contributed by atoms with Gasteiger partial charge in [-0.15, -0.1) is 0 Å². The number of rotatable bonds is 13. The molecule has 1 heterocycles. The monoisotopic (exact) mass is 487 g/mol. The Morgan fingerprint density at radius 1 is 1.24 bits per heavy atom. The van der Waals surface area contributed by atoms with Crippen LogP contribution in [-0.2, 0) is 21.5 Å². The van der Waals surface area contributed by atoms with Gasteiger partial charge in [0.05, 0.1) is 18.6 Å². The van der Waals surface area contributed by atoms with Crippen molar-refractivity contribution >= 4 is 10.0 Å². The predicted molar refractivity (Wildman–Crippen MR) is 116 cm³/mol. The maximum Gasteiger partial charge on any atom is 0.330 e. The van der Waals surface area contributed by atoms with E-state index in [0.717, 1.165) is 23.6 Å². The number of benzene rings is 1. The number of aromatic nitrogens is 2. The van der Waals surface area contributed by atoms with Gasteiger partial charge < -0.3 is 9.47 Å². The normalized spacial score (nSPS) is 14.9. The molecule has 0 radical (unpaired) electrons. The first-order valence-electron chi connectivity index (χ1n) is 10.7. The summed E-state index contributed by atoms with van der Waals surface area (Å²) >= 11 is 0. The zero-order valence-corrected chi connectivity index (χ0v) is 19.0. The van der Waals surface area contributed by atoms with Crippen LogP contribution in [0.5, 0.6) is 5.75 Å². The van der Waals surface area contributed by atoms with Crippen molar-refractivity contribution in [2.24, 2.45) is 5.92 Å². The maximum atomic E-state index is 14.0. The van der Waals surface area contributed by atoms with Gasteiger partial charge in [-0.25, -0.2) is 22.3 Å². The zero-order chi connectivity index (χ0) is 24.0. The Kier molecular flexibility index (Phi) is 8.38. The Bertz CT molecular complexity index is 1180. The van der Waals surface area contributed by atoms with E-state index in [-0.39, 0.29) is 31.3 Å². The molecule has 12 heteroatoms. The molecule has 3 rings (SSSR count). The highest BCUT2D eigenvalue weighted by atomic mass is 32.2. The van der Waals surface area contributed by atoms with Crippen LogP contribution in [0.4, 0.5) is 8.78 Å². The molecule has 2 N–H and O–H groups in total. The molecule has 1 aromatic heterocycles. The van der Waals surface area contributed by atoms with Crippen LogP contribution in [0.1, 0.15) is 44.2 Å². The average Bonchev–Trinajstić information content (AvgIpc) is 3.59. The molecular formula is C21H27F2N3O6S. The molecule has 0 saturated heterocycles. The van der Waals surface area contributed by atoms with Crippen LogP contribution in [0, 0.1) is 17.6 Å². The fourth-order valence-corrected chi connectivity index (χ4v) is 4.45. The largest absolute Gasteiger partial charge is 0.490 e. The molecule has 33 heavy (non-hydrogen) atoms. The number of ether oxygens (including phenoxy) is 2. The van der Waals surface area contributed by atoms with E-state index in [9.17, 15) is 26.8 Å². The molecule has 182 valence electrons. The van der Waals surface area contributed by atoms with Crippen LogP contribution < -0.4 is 20.7 Å². The Labute approximate surface area is 189 Å². The summed E-state index contributed by atoms with van der Waals surface area (Å²) in [6, 6.07) is 3.77. The maximum absolute atomic E-state index is 14.0. The number of aromatic amines is 1. The van der Waals surface area contributed by atoms with Crippen LogP contribution in [-0.4, -0.2) is 36.9 Å². The second-order valence-electron chi connectivity index (χ2n) is 7.94. The van der Waals surface area contributed by atoms with Crippen LogP contribution in [0.25, 0.3) is 0 Å². The van der Waals surface area contributed by atoms with Gasteiger partial charge in [0.15, 0.2) is 11.6 Å². The van der Waals surface area contributed by atoms with Gasteiger partial charge >= 0.3 is 5.69 Å². The molecule has 1 saturated carbocycles. The fraction of sp³-hybridized carbons (Fsp3) is 0.524. The standard InChI is InChI=1S/C21H27F2N3O6S/c1-2-18(15-6-7-16(22)19(10-15)32-12-14-4-5-14)25-33(29,30)9-3-8-31-13-26-11-17(23)20(27)24-21(26)28/h6-7,10-11,14,18,25H,2-5,8-9,12-13H2,1H3,(H,24,27,28)/t18-/m1/s1. The lowest BCUT2D eigenvalue weighted by molar-refractivity contribution is 0.0736. The lowest BCUT2D eigenvalue weighted by Gasteiger charge is -2.19. The van der Waals surface area contributed by atoms with Crippen molar-refractivity contribution in [2.75, 3.05) is 19.0 Å². The summed E-state index contributed by atoms with van der Waals surface area (Å²) in [6.07, 6.45) is 3.42. The summed E-state index contributed by atoms with van der Waals surface area (Å²) in [7, 11) is -3.69. The van der Waals surface area contributed by atoms with E-state index in [0.29, 0.717) is 24.5 Å².